The van der Waals surface area contributed by atoms with Crippen molar-refractivity contribution in [3.8, 4) is 0 Å². The Morgan fingerprint density at radius 3 is 2.79 bits per heavy atom. The zero-order valence-corrected chi connectivity index (χ0v) is 11.8. The second-order valence-corrected chi connectivity index (χ2v) is 5.36. The number of benzene rings is 1. The topological polar surface area (TPSA) is 58.4 Å². The maximum atomic E-state index is 12.1. The minimum Gasteiger partial charge on any atom is -0.397 e. The second kappa shape index (κ2) is 6.06. The predicted molar refractivity (Wildman–Crippen MR) is 79.1 cm³/mol. The SMILES string of the molecule is CCN(CC(=O)Nc1c(C)cccc1N)CC1CC1. The Morgan fingerprint density at radius 2 is 2.21 bits per heavy atom. The van der Waals surface area contributed by atoms with Gasteiger partial charge in [0.05, 0.1) is 17.9 Å². The first-order chi connectivity index (χ1) is 9.10. The van der Waals surface area contributed by atoms with Crippen LogP contribution < -0.4 is 11.1 Å². The van der Waals surface area contributed by atoms with Crippen LogP contribution in [0, 0.1) is 12.8 Å². The Morgan fingerprint density at radius 1 is 1.47 bits per heavy atom. The van der Waals surface area contributed by atoms with E-state index in [0.717, 1.165) is 30.3 Å². The van der Waals surface area contributed by atoms with E-state index in [1.165, 1.54) is 12.8 Å². The molecular weight excluding hydrogens is 238 g/mol. The summed E-state index contributed by atoms with van der Waals surface area (Å²) in [6.07, 6.45) is 2.62. The van der Waals surface area contributed by atoms with Crippen LogP contribution in [0.25, 0.3) is 0 Å². The maximum absolute atomic E-state index is 12.1. The van der Waals surface area contributed by atoms with Gasteiger partial charge in [-0.25, -0.2) is 0 Å². The lowest BCUT2D eigenvalue weighted by Crippen LogP contribution is -2.34. The summed E-state index contributed by atoms with van der Waals surface area (Å²) in [5.74, 6) is 0.819. The van der Waals surface area contributed by atoms with Gasteiger partial charge in [0, 0.05) is 6.54 Å². The molecule has 104 valence electrons. The van der Waals surface area contributed by atoms with Gasteiger partial charge < -0.3 is 11.1 Å². The van der Waals surface area contributed by atoms with Crippen LogP contribution in [0.15, 0.2) is 18.2 Å². The quantitative estimate of drug-likeness (QED) is 0.772. The van der Waals surface area contributed by atoms with Gasteiger partial charge in [0.2, 0.25) is 5.91 Å². The molecule has 19 heavy (non-hydrogen) atoms. The van der Waals surface area contributed by atoms with Gasteiger partial charge in [-0.1, -0.05) is 19.1 Å². The first-order valence-corrected chi connectivity index (χ1v) is 6.97. The summed E-state index contributed by atoms with van der Waals surface area (Å²) < 4.78 is 0. The van der Waals surface area contributed by atoms with E-state index in [1.54, 1.807) is 0 Å². The van der Waals surface area contributed by atoms with E-state index < -0.39 is 0 Å². The number of nitrogens with two attached hydrogens (primary N) is 1. The van der Waals surface area contributed by atoms with Crippen molar-refractivity contribution in [3.63, 3.8) is 0 Å². The number of anilines is 2. The molecule has 1 fully saturated rings. The molecule has 0 heterocycles. The van der Waals surface area contributed by atoms with Gasteiger partial charge in [0.25, 0.3) is 0 Å². The van der Waals surface area contributed by atoms with E-state index in [2.05, 4.69) is 17.1 Å². The van der Waals surface area contributed by atoms with Crippen LogP contribution in [0.5, 0.6) is 0 Å². The van der Waals surface area contributed by atoms with Crippen LogP contribution in [0.3, 0.4) is 0 Å². The van der Waals surface area contributed by atoms with Crippen LogP contribution in [-0.4, -0.2) is 30.4 Å². The molecule has 0 saturated heterocycles. The summed E-state index contributed by atoms with van der Waals surface area (Å²) in [7, 11) is 0. The molecule has 0 aromatic heterocycles. The van der Waals surface area contributed by atoms with Gasteiger partial charge in [-0.2, -0.15) is 0 Å². The van der Waals surface area contributed by atoms with Gasteiger partial charge >= 0.3 is 0 Å². The molecule has 4 heteroatoms. The van der Waals surface area contributed by atoms with Gasteiger partial charge in [-0.3, -0.25) is 9.69 Å². The summed E-state index contributed by atoms with van der Waals surface area (Å²) in [5, 5.41) is 2.93. The normalized spacial score (nSPS) is 14.7. The molecule has 1 aromatic rings. The number of amides is 1. The number of nitrogens with one attached hydrogen (secondary N) is 1. The molecular formula is C15H23N3O. The molecule has 1 saturated carbocycles. The third-order valence-electron chi connectivity index (χ3n) is 3.60. The number of carbonyl (C=O) groups is 1. The zero-order valence-electron chi connectivity index (χ0n) is 11.8. The molecule has 3 N–H and O–H groups in total. The maximum Gasteiger partial charge on any atom is 0.238 e. The van der Waals surface area contributed by atoms with Crippen LogP contribution in [0.2, 0.25) is 0 Å². The molecule has 0 spiro atoms. The first kappa shape index (κ1) is 13.9. The third-order valence-corrected chi connectivity index (χ3v) is 3.60. The molecule has 4 nitrogen and oxygen atoms in total. The van der Waals surface area contributed by atoms with E-state index in [0.29, 0.717) is 12.2 Å². The second-order valence-electron chi connectivity index (χ2n) is 5.36. The lowest BCUT2D eigenvalue weighted by atomic mass is 10.1. The Balaban J connectivity index is 1.92. The first-order valence-electron chi connectivity index (χ1n) is 6.97. The standard InChI is InChI=1S/C15H23N3O/c1-3-18(9-12-7-8-12)10-14(19)17-15-11(2)5-4-6-13(15)16/h4-6,12H,3,7-10,16H2,1-2H3,(H,17,19). The Hall–Kier alpha value is -1.55. The minimum absolute atomic E-state index is 0.0171. The van der Waals surface area contributed by atoms with Crippen LogP contribution in [0.1, 0.15) is 25.3 Å². The van der Waals surface area contributed by atoms with Crippen LogP contribution >= 0.6 is 0 Å². The summed E-state index contributed by atoms with van der Waals surface area (Å²) in [6.45, 7) is 6.44. The number of carbonyl (C=O) groups excluding carboxylic acids is 1. The Kier molecular flexibility index (Phi) is 4.43. The van der Waals surface area contributed by atoms with Crippen molar-refractivity contribution in [1.29, 1.82) is 0 Å². The van der Waals surface area contributed by atoms with Crippen molar-refractivity contribution in [2.45, 2.75) is 26.7 Å². The summed E-state index contributed by atoms with van der Waals surface area (Å²) >= 11 is 0. The predicted octanol–water partition coefficient (Wildman–Crippen LogP) is 2.25. The fourth-order valence-electron chi connectivity index (χ4n) is 2.21. The van der Waals surface area contributed by atoms with E-state index in [4.69, 9.17) is 5.73 Å². The molecule has 0 aliphatic heterocycles. The summed E-state index contributed by atoms with van der Waals surface area (Å²) in [6, 6.07) is 5.66. The van der Waals surface area contributed by atoms with E-state index in [-0.39, 0.29) is 5.91 Å². The van der Waals surface area contributed by atoms with Crippen molar-refractivity contribution in [2.24, 2.45) is 5.92 Å². The number of hydrogen-bond donors (Lipinski definition) is 2. The fraction of sp³-hybridized carbons (Fsp3) is 0.533. The molecule has 2 rings (SSSR count). The molecule has 1 aromatic carbocycles. The molecule has 0 bridgehead atoms. The number of para-hydroxylation sites is 1. The smallest absolute Gasteiger partial charge is 0.238 e. The average Bonchev–Trinajstić information content (AvgIpc) is 3.17. The average molecular weight is 261 g/mol. The lowest BCUT2D eigenvalue weighted by molar-refractivity contribution is -0.117. The van der Waals surface area contributed by atoms with Crippen LogP contribution in [0.4, 0.5) is 11.4 Å². The zero-order chi connectivity index (χ0) is 13.8. The molecule has 0 radical (unpaired) electrons. The molecule has 0 atom stereocenters. The van der Waals surface area contributed by atoms with Crippen molar-refractivity contribution < 1.29 is 4.79 Å². The highest BCUT2D eigenvalue weighted by Gasteiger charge is 2.24. The largest absolute Gasteiger partial charge is 0.397 e. The van der Waals surface area contributed by atoms with Crippen molar-refractivity contribution >= 4 is 17.3 Å². The van der Waals surface area contributed by atoms with Crippen molar-refractivity contribution in [1.82, 2.24) is 4.90 Å². The molecule has 1 aliphatic rings. The number of nitrogen functional groups attached to an aromatic ring is 1. The number of nitrogens with zero attached hydrogens (tertiary/aromatic N) is 1. The van der Waals surface area contributed by atoms with Gasteiger partial charge in [-0.05, 0) is 43.9 Å². The van der Waals surface area contributed by atoms with E-state index in [9.17, 15) is 4.79 Å². The van der Waals surface area contributed by atoms with E-state index >= 15 is 0 Å². The summed E-state index contributed by atoms with van der Waals surface area (Å²) in [5.41, 5.74) is 8.26. The van der Waals surface area contributed by atoms with Gasteiger partial charge in [0.1, 0.15) is 0 Å². The molecule has 0 unspecified atom stereocenters. The van der Waals surface area contributed by atoms with Gasteiger partial charge in [-0.15, -0.1) is 0 Å². The Labute approximate surface area is 115 Å². The van der Waals surface area contributed by atoms with Crippen molar-refractivity contribution in [2.75, 3.05) is 30.7 Å². The highest BCUT2D eigenvalue weighted by atomic mass is 16.2. The molecule has 1 amide bonds. The highest BCUT2D eigenvalue weighted by molar-refractivity contribution is 5.96. The van der Waals surface area contributed by atoms with E-state index in [1.807, 2.05) is 25.1 Å². The fourth-order valence-corrected chi connectivity index (χ4v) is 2.21. The minimum atomic E-state index is 0.0171. The number of aryl methyl sites for hydroxylation is 1. The van der Waals surface area contributed by atoms with Crippen LogP contribution in [-0.2, 0) is 4.79 Å². The molecule has 1 aliphatic carbocycles. The highest BCUT2D eigenvalue weighted by Crippen LogP contribution is 2.29. The van der Waals surface area contributed by atoms with Gasteiger partial charge in [0.15, 0.2) is 0 Å². The third kappa shape index (κ3) is 3.96. The van der Waals surface area contributed by atoms with Crippen molar-refractivity contribution in [3.05, 3.63) is 23.8 Å². The number of hydrogen-bond acceptors (Lipinski definition) is 3. The monoisotopic (exact) mass is 261 g/mol. The number of likely N-dealkylation sites (N-methyl/N-ethyl adjacent to an activating group) is 1. The Bertz CT molecular complexity index is 434. The summed E-state index contributed by atoms with van der Waals surface area (Å²) in [4.78, 5) is 14.3. The number of rotatable bonds is 6. The lowest BCUT2D eigenvalue weighted by Gasteiger charge is -2.20.